The fourth-order valence-electron chi connectivity index (χ4n) is 0.988. The molecule has 0 aliphatic rings. The molecule has 0 aromatic carbocycles. The van der Waals surface area contributed by atoms with Gasteiger partial charge in [0.25, 0.3) is 0 Å². The summed E-state index contributed by atoms with van der Waals surface area (Å²) in [7, 11) is 1.17. The minimum atomic E-state index is -4.25. The summed E-state index contributed by atoms with van der Waals surface area (Å²) in [6.45, 7) is 3.13. The monoisotopic (exact) mass is 258 g/mol. The molecule has 0 radical (unpaired) electrons. The van der Waals surface area contributed by atoms with Crippen molar-refractivity contribution in [3.8, 4) is 0 Å². The second-order valence-corrected chi connectivity index (χ2v) is 4.37. The van der Waals surface area contributed by atoms with Gasteiger partial charge in [0.2, 0.25) is 0 Å². The molecular weight excluding hydrogens is 245 g/mol. The molecule has 0 N–H and O–H groups in total. The number of allylic oxidation sites excluding steroid dienone is 2. The van der Waals surface area contributed by atoms with Gasteiger partial charge < -0.3 is 4.74 Å². The van der Waals surface area contributed by atoms with Gasteiger partial charge in [0.1, 0.15) is 5.38 Å². The Morgan fingerprint density at radius 3 is 2.31 bits per heavy atom. The molecule has 2 nitrogen and oxygen atoms in total. The molecule has 0 heterocycles. The fraction of sp³-hybridized carbons (Fsp3) is 0.700. The van der Waals surface area contributed by atoms with E-state index in [4.69, 9.17) is 11.6 Å². The molecule has 0 saturated heterocycles. The lowest BCUT2D eigenvalue weighted by Crippen LogP contribution is -2.31. The Morgan fingerprint density at radius 1 is 1.44 bits per heavy atom. The van der Waals surface area contributed by atoms with Crippen LogP contribution in [0.3, 0.4) is 0 Å². The minimum absolute atomic E-state index is 0.664. The zero-order chi connectivity index (χ0) is 13.0. The van der Waals surface area contributed by atoms with E-state index in [2.05, 4.69) is 4.74 Å². The zero-order valence-corrected chi connectivity index (χ0v) is 10.0. The summed E-state index contributed by atoms with van der Waals surface area (Å²) < 4.78 is 40.1. The maximum Gasteiger partial charge on any atom is 0.392 e. The lowest BCUT2D eigenvalue weighted by molar-refractivity contribution is -0.141. The Bertz CT molecular complexity index is 272. The molecule has 0 aromatic heterocycles. The van der Waals surface area contributed by atoms with Crippen LogP contribution >= 0.6 is 11.6 Å². The number of rotatable bonds is 4. The number of alkyl halides is 4. The SMILES string of the molecule is COC(=O)C(Cl)C(C)(C)C=CCC(F)(F)F. The molecule has 0 saturated carbocycles. The van der Waals surface area contributed by atoms with Gasteiger partial charge in [-0.25, -0.2) is 0 Å². The first-order valence-corrected chi connectivity index (χ1v) is 5.00. The van der Waals surface area contributed by atoms with Gasteiger partial charge in [0.15, 0.2) is 0 Å². The van der Waals surface area contributed by atoms with Gasteiger partial charge in [-0.05, 0) is 0 Å². The van der Waals surface area contributed by atoms with Crippen molar-refractivity contribution in [2.24, 2.45) is 5.41 Å². The van der Waals surface area contributed by atoms with Crippen LogP contribution in [0.1, 0.15) is 20.3 Å². The van der Waals surface area contributed by atoms with E-state index in [1.807, 2.05) is 0 Å². The van der Waals surface area contributed by atoms with Crippen molar-refractivity contribution >= 4 is 17.6 Å². The van der Waals surface area contributed by atoms with Crippen LogP contribution in [0.15, 0.2) is 12.2 Å². The van der Waals surface area contributed by atoms with Gasteiger partial charge in [-0.1, -0.05) is 26.0 Å². The number of esters is 1. The summed E-state index contributed by atoms with van der Waals surface area (Å²) in [5.74, 6) is -0.664. The van der Waals surface area contributed by atoms with Crippen LogP contribution in [0.2, 0.25) is 0 Å². The van der Waals surface area contributed by atoms with Crippen LogP contribution in [0.5, 0.6) is 0 Å². The number of halogens is 4. The van der Waals surface area contributed by atoms with Crippen LogP contribution in [0.4, 0.5) is 13.2 Å². The van der Waals surface area contributed by atoms with Crippen molar-refractivity contribution in [3.05, 3.63) is 12.2 Å². The summed E-state index contributed by atoms with van der Waals surface area (Å²) >= 11 is 5.77. The number of carbonyl (C=O) groups is 1. The molecule has 0 aliphatic heterocycles. The highest BCUT2D eigenvalue weighted by Gasteiger charge is 2.33. The summed E-state index contributed by atoms with van der Waals surface area (Å²) in [6, 6.07) is 0. The lowest BCUT2D eigenvalue weighted by Gasteiger charge is -2.24. The molecule has 0 amide bonds. The Labute approximate surface area is 97.4 Å². The van der Waals surface area contributed by atoms with Gasteiger partial charge in [-0.15, -0.1) is 11.6 Å². The van der Waals surface area contributed by atoms with E-state index in [0.717, 1.165) is 6.08 Å². The molecule has 0 rings (SSSR count). The second-order valence-electron chi connectivity index (χ2n) is 3.93. The Morgan fingerprint density at radius 2 is 1.94 bits per heavy atom. The number of ether oxygens (including phenoxy) is 1. The first kappa shape index (κ1) is 15.3. The van der Waals surface area contributed by atoms with Crippen molar-refractivity contribution in [2.75, 3.05) is 7.11 Å². The highest BCUT2D eigenvalue weighted by atomic mass is 35.5. The third-order valence-electron chi connectivity index (χ3n) is 1.96. The molecule has 0 fully saturated rings. The van der Waals surface area contributed by atoms with E-state index < -0.39 is 29.4 Å². The highest BCUT2D eigenvalue weighted by molar-refractivity contribution is 6.30. The second kappa shape index (κ2) is 5.57. The smallest absolute Gasteiger partial charge is 0.392 e. The molecule has 6 heteroatoms. The normalized spacial score (nSPS) is 15.2. The molecule has 0 aromatic rings. The van der Waals surface area contributed by atoms with Crippen molar-refractivity contribution in [3.63, 3.8) is 0 Å². The van der Waals surface area contributed by atoms with Gasteiger partial charge in [0.05, 0.1) is 13.5 Å². The van der Waals surface area contributed by atoms with Crippen molar-refractivity contribution in [1.29, 1.82) is 0 Å². The van der Waals surface area contributed by atoms with E-state index in [9.17, 15) is 18.0 Å². The maximum absolute atomic E-state index is 11.9. The topological polar surface area (TPSA) is 26.3 Å². The van der Waals surface area contributed by atoms with Crippen LogP contribution in [0, 0.1) is 5.41 Å². The Hall–Kier alpha value is -0.710. The van der Waals surface area contributed by atoms with E-state index in [1.54, 1.807) is 13.8 Å². The maximum atomic E-state index is 11.9. The minimum Gasteiger partial charge on any atom is -0.468 e. The summed E-state index contributed by atoms with van der Waals surface area (Å²) in [5, 5.41) is -1.01. The average Bonchev–Trinajstić information content (AvgIpc) is 2.13. The molecule has 0 bridgehead atoms. The summed E-state index contributed by atoms with van der Waals surface area (Å²) in [4.78, 5) is 11.1. The number of hydrogen-bond acceptors (Lipinski definition) is 2. The van der Waals surface area contributed by atoms with E-state index >= 15 is 0 Å². The first-order valence-electron chi connectivity index (χ1n) is 4.56. The molecule has 1 unspecified atom stereocenters. The van der Waals surface area contributed by atoms with Crippen LogP contribution in [0.25, 0.3) is 0 Å². The molecular formula is C10H14ClF3O2. The summed E-state index contributed by atoms with van der Waals surface area (Å²) in [6.07, 6.45) is -3.06. The van der Waals surface area contributed by atoms with E-state index in [-0.39, 0.29) is 0 Å². The predicted molar refractivity (Wildman–Crippen MR) is 55.3 cm³/mol. The van der Waals surface area contributed by atoms with Gasteiger partial charge in [-0.2, -0.15) is 13.2 Å². The lowest BCUT2D eigenvalue weighted by atomic mass is 9.88. The van der Waals surface area contributed by atoms with Gasteiger partial charge in [-0.3, -0.25) is 4.79 Å². The largest absolute Gasteiger partial charge is 0.468 e. The predicted octanol–water partition coefficient (Wildman–Crippen LogP) is 3.30. The number of carbonyl (C=O) groups excluding carboxylic acids is 1. The van der Waals surface area contributed by atoms with Crippen molar-refractivity contribution in [1.82, 2.24) is 0 Å². The van der Waals surface area contributed by atoms with Gasteiger partial charge >= 0.3 is 12.1 Å². The molecule has 16 heavy (non-hydrogen) atoms. The molecule has 1 atom stereocenters. The van der Waals surface area contributed by atoms with Crippen LogP contribution in [-0.4, -0.2) is 24.6 Å². The third kappa shape index (κ3) is 5.39. The highest BCUT2D eigenvalue weighted by Crippen LogP contribution is 2.29. The van der Waals surface area contributed by atoms with Crippen LogP contribution in [-0.2, 0) is 9.53 Å². The quantitative estimate of drug-likeness (QED) is 0.439. The number of methoxy groups -OCH3 is 1. The van der Waals surface area contributed by atoms with Crippen molar-refractivity contribution < 1.29 is 22.7 Å². The van der Waals surface area contributed by atoms with Crippen molar-refractivity contribution in [2.45, 2.75) is 31.8 Å². The molecule has 0 aliphatic carbocycles. The van der Waals surface area contributed by atoms with E-state index in [1.165, 1.54) is 13.2 Å². The van der Waals surface area contributed by atoms with Crippen LogP contribution < -0.4 is 0 Å². The standard InChI is InChI=1S/C10H14ClF3O2/c1-9(2,7(11)8(15)16-3)5-4-6-10(12,13)14/h4-5,7H,6H2,1-3H3. The fourth-order valence-corrected chi connectivity index (χ4v) is 1.15. The van der Waals surface area contributed by atoms with E-state index in [0.29, 0.717) is 0 Å². The number of hydrogen-bond donors (Lipinski definition) is 0. The zero-order valence-electron chi connectivity index (χ0n) is 9.27. The molecule has 94 valence electrons. The summed E-state index contributed by atoms with van der Waals surface area (Å²) in [5.41, 5.74) is -0.889. The van der Waals surface area contributed by atoms with Gasteiger partial charge in [0, 0.05) is 5.41 Å². The third-order valence-corrected chi connectivity index (χ3v) is 2.70. The Balaban J connectivity index is 4.50. The first-order chi connectivity index (χ1) is 7.10. The Kier molecular flexibility index (Phi) is 5.32. The molecule has 0 spiro atoms. The average molecular weight is 259 g/mol.